The van der Waals surface area contributed by atoms with E-state index in [9.17, 15) is 28.0 Å². The lowest BCUT2D eigenvalue weighted by Crippen LogP contribution is -2.26. The van der Waals surface area contributed by atoms with E-state index >= 15 is 0 Å². The number of alkyl halides is 3. The van der Waals surface area contributed by atoms with Gasteiger partial charge in [0, 0.05) is 23.0 Å². The summed E-state index contributed by atoms with van der Waals surface area (Å²) in [5.74, 6) is -1.88. The van der Waals surface area contributed by atoms with E-state index in [1.54, 1.807) is 54.6 Å². The standard InChI is InChI=1S/C29H26ClF3N2O4/c1-2-3-25(19-4-6-21(7-5-19)28(38)35-13-12-26(36)37)27(20-8-10-23(30)11-9-20)39-24-15-18(17-34)14-22(16-24)29(31,32)33/h4-11,14-16,25,27H,2-3,12-13H2,1H3,(H,35,38)(H,36,37)/t25-,27?/m1/s1. The van der Waals surface area contributed by atoms with Crippen molar-refractivity contribution in [1.82, 2.24) is 5.32 Å². The molecule has 39 heavy (non-hydrogen) atoms. The van der Waals surface area contributed by atoms with Crippen molar-refractivity contribution in [3.8, 4) is 11.8 Å². The van der Waals surface area contributed by atoms with Crippen LogP contribution in [-0.2, 0) is 11.0 Å². The lowest BCUT2D eigenvalue weighted by Gasteiger charge is -2.29. The molecule has 3 aromatic carbocycles. The second-order valence-electron chi connectivity index (χ2n) is 8.86. The lowest BCUT2D eigenvalue weighted by atomic mass is 9.85. The zero-order valence-electron chi connectivity index (χ0n) is 21.0. The Kier molecular flexibility index (Phi) is 9.96. The number of halogens is 4. The largest absolute Gasteiger partial charge is 0.485 e. The summed E-state index contributed by atoms with van der Waals surface area (Å²) in [6, 6.07) is 18.1. The van der Waals surface area contributed by atoms with Crippen LogP contribution in [0.2, 0.25) is 5.02 Å². The Morgan fingerprint density at radius 2 is 1.69 bits per heavy atom. The molecule has 0 aliphatic heterocycles. The number of benzene rings is 3. The van der Waals surface area contributed by atoms with E-state index in [1.165, 1.54) is 6.07 Å². The number of carbonyl (C=O) groups is 2. The van der Waals surface area contributed by atoms with Crippen LogP contribution in [0.1, 0.15) is 70.8 Å². The number of nitrogens with one attached hydrogen (secondary N) is 1. The zero-order valence-corrected chi connectivity index (χ0v) is 21.7. The number of amides is 1. The third-order valence-corrected chi connectivity index (χ3v) is 6.27. The van der Waals surface area contributed by atoms with Crippen LogP contribution in [0.3, 0.4) is 0 Å². The minimum Gasteiger partial charge on any atom is -0.485 e. The van der Waals surface area contributed by atoms with Gasteiger partial charge in [-0.3, -0.25) is 9.59 Å². The highest BCUT2D eigenvalue weighted by Crippen LogP contribution is 2.40. The van der Waals surface area contributed by atoms with Crippen LogP contribution in [0.5, 0.6) is 5.75 Å². The molecule has 2 N–H and O–H groups in total. The fourth-order valence-electron chi connectivity index (χ4n) is 4.15. The molecule has 2 atom stereocenters. The van der Waals surface area contributed by atoms with Gasteiger partial charge in [-0.1, -0.05) is 49.2 Å². The van der Waals surface area contributed by atoms with Crippen LogP contribution < -0.4 is 10.1 Å². The molecule has 204 valence electrons. The average Bonchev–Trinajstić information content (AvgIpc) is 2.90. The number of carboxylic acid groups (broad SMARTS) is 1. The maximum Gasteiger partial charge on any atom is 0.416 e. The molecular formula is C29H26ClF3N2O4. The molecule has 0 aliphatic rings. The van der Waals surface area contributed by atoms with Gasteiger partial charge < -0.3 is 15.2 Å². The van der Waals surface area contributed by atoms with Gasteiger partial charge in [0.05, 0.1) is 23.6 Å². The molecule has 0 fully saturated rings. The Balaban J connectivity index is 1.99. The smallest absolute Gasteiger partial charge is 0.416 e. The van der Waals surface area contributed by atoms with Gasteiger partial charge in [-0.25, -0.2) is 0 Å². The predicted molar refractivity (Wildman–Crippen MR) is 140 cm³/mol. The molecule has 6 nitrogen and oxygen atoms in total. The predicted octanol–water partition coefficient (Wildman–Crippen LogP) is 7.14. The molecule has 1 amide bonds. The SMILES string of the molecule is CCC[C@H](c1ccc(C(=O)NCCC(=O)O)cc1)C(Oc1cc(C#N)cc(C(F)(F)F)c1)c1ccc(Cl)cc1. The van der Waals surface area contributed by atoms with Gasteiger partial charge in [0.15, 0.2) is 0 Å². The van der Waals surface area contributed by atoms with Crippen molar-refractivity contribution in [3.05, 3.63) is 99.6 Å². The van der Waals surface area contributed by atoms with Gasteiger partial charge in [-0.15, -0.1) is 0 Å². The van der Waals surface area contributed by atoms with E-state index < -0.39 is 29.7 Å². The van der Waals surface area contributed by atoms with Crippen LogP contribution in [0.4, 0.5) is 13.2 Å². The van der Waals surface area contributed by atoms with Gasteiger partial charge in [0.2, 0.25) is 0 Å². The zero-order chi connectivity index (χ0) is 28.6. The molecule has 3 rings (SSSR count). The molecule has 0 saturated heterocycles. The summed E-state index contributed by atoms with van der Waals surface area (Å²) in [4.78, 5) is 23.1. The summed E-state index contributed by atoms with van der Waals surface area (Å²) in [7, 11) is 0. The topological polar surface area (TPSA) is 99.4 Å². The van der Waals surface area contributed by atoms with E-state index in [-0.39, 0.29) is 30.2 Å². The van der Waals surface area contributed by atoms with Crippen LogP contribution in [0, 0.1) is 11.3 Å². The van der Waals surface area contributed by atoms with E-state index in [2.05, 4.69) is 5.32 Å². The summed E-state index contributed by atoms with van der Waals surface area (Å²) in [6.45, 7) is 1.96. The Morgan fingerprint density at radius 1 is 1.05 bits per heavy atom. The fraction of sp³-hybridized carbons (Fsp3) is 0.276. The summed E-state index contributed by atoms with van der Waals surface area (Å²) in [6.07, 6.45) is -4.29. The first kappa shape index (κ1) is 29.5. The highest BCUT2D eigenvalue weighted by atomic mass is 35.5. The minimum absolute atomic E-state index is 0.0114. The van der Waals surface area contributed by atoms with Crippen molar-refractivity contribution in [2.24, 2.45) is 0 Å². The molecular weight excluding hydrogens is 533 g/mol. The van der Waals surface area contributed by atoms with Crippen molar-refractivity contribution >= 4 is 23.5 Å². The van der Waals surface area contributed by atoms with E-state index in [4.69, 9.17) is 21.4 Å². The summed E-state index contributed by atoms with van der Waals surface area (Å²) >= 11 is 6.07. The number of nitrogens with zero attached hydrogens (tertiary/aromatic N) is 1. The van der Waals surface area contributed by atoms with E-state index in [1.807, 2.05) is 6.92 Å². The summed E-state index contributed by atoms with van der Waals surface area (Å²) in [5.41, 5.74) is 0.618. The van der Waals surface area contributed by atoms with Gasteiger partial charge in [0.1, 0.15) is 11.9 Å². The first-order chi connectivity index (χ1) is 18.5. The number of hydrogen-bond donors (Lipinski definition) is 2. The number of carbonyl (C=O) groups excluding carboxylic acids is 1. The molecule has 0 heterocycles. The van der Waals surface area contributed by atoms with Crippen molar-refractivity contribution in [3.63, 3.8) is 0 Å². The fourth-order valence-corrected chi connectivity index (χ4v) is 4.27. The van der Waals surface area contributed by atoms with Crippen molar-refractivity contribution in [1.29, 1.82) is 5.26 Å². The molecule has 1 unspecified atom stereocenters. The van der Waals surface area contributed by atoms with Gasteiger partial charge >= 0.3 is 12.1 Å². The maximum absolute atomic E-state index is 13.5. The van der Waals surface area contributed by atoms with E-state index in [0.29, 0.717) is 22.6 Å². The van der Waals surface area contributed by atoms with Crippen LogP contribution >= 0.6 is 11.6 Å². The first-order valence-corrected chi connectivity index (χ1v) is 12.5. The number of hydrogen-bond acceptors (Lipinski definition) is 4. The average molecular weight is 559 g/mol. The third-order valence-electron chi connectivity index (χ3n) is 6.02. The first-order valence-electron chi connectivity index (χ1n) is 12.2. The minimum atomic E-state index is -4.66. The van der Waals surface area contributed by atoms with Crippen LogP contribution in [0.25, 0.3) is 0 Å². The molecule has 3 aromatic rings. The highest BCUT2D eigenvalue weighted by Gasteiger charge is 2.33. The van der Waals surface area contributed by atoms with Gasteiger partial charge in [-0.2, -0.15) is 18.4 Å². The highest BCUT2D eigenvalue weighted by molar-refractivity contribution is 6.30. The molecule has 0 spiro atoms. The molecule has 10 heteroatoms. The normalized spacial score (nSPS) is 12.7. The second-order valence-corrected chi connectivity index (χ2v) is 9.30. The Labute approximate surface area is 229 Å². The Morgan fingerprint density at radius 3 is 2.26 bits per heavy atom. The molecule has 0 radical (unpaired) electrons. The van der Waals surface area contributed by atoms with Crippen molar-refractivity contribution < 1.29 is 32.6 Å². The van der Waals surface area contributed by atoms with Gasteiger partial charge in [-0.05, 0) is 60.0 Å². The molecule has 0 aromatic heterocycles. The number of aliphatic carboxylic acids is 1. The van der Waals surface area contributed by atoms with Crippen molar-refractivity contribution in [2.75, 3.05) is 6.54 Å². The van der Waals surface area contributed by atoms with Crippen LogP contribution in [-0.4, -0.2) is 23.5 Å². The van der Waals surface area contributed by atoms with E-state index in [0.717, 1.165) is 24.1 Å². The quantitative estimate of drug-likeness (QED) is 0.260. The Hall–Kier alpha value is -4.03. The molecule has 0 aliphatic carbocycles. The number of nitriles is 1. The summed E-state index contributed by atoms with van der Waals surface area (Å²) < 4.78 is 46.7. The maximum atomic E-state index is 13.5. The monoisotopic (exact) mass is 558 g/mol. The lowest BCUT2D eigenvalue weighted by molar-refractivity contribution is -0.138. The summed E-state index contributed by atoms with van der Waals surface area (Å²) in [5, 5.41) is 21.1. The number of ether oxygens (including phenoxy) is 1. The number of rotatable bonds is 11. The van der Waals surface area contributed by atoms with Crippen molar-refractivity contribution in [2.45, 2.75) is 44.4 Å². The Bertz CT molecular complexity index is 1340. The molecule has 0 saturated carbocycles. The molecule has 0 bridgehead atoms. The third kappa shape index (κ3) is 8.23. The number of carboxylic acids is 1. The second kappa shape index (κ2) is 13.2. The van der Waals surface area contributed by atoms with Crippen LogP contribution in [0.15, 0.2) is 66.7 Å². The van der Waals surface area contributed by atoms with Gasteiger partial charge in [0.25, 0.3) is 5.91 Å².